The third-order valence-electron chi connectivity index (χ3n) is 2.93. The van der Waals surface area contributed by atoms with Gasteiger partial charge in [0.05, 0.1) is 5.92 Å². The van der Waals surface area contributed by atoms with Crippen LogP contribution in [-0.2, 0) is 9.59 Å². The summed E-state index contributed by atoms with van der Waals surface area (Å²) >= 11 is 0. The Labute approximate surface area is 85.5 Å². The van der Waals surface area contributed by atoms with Crippen molar-refractivity contribution in [2.75, 3.05) is 13.1 Å². The Balaban J connectivity index is 2.61. The van der Waals surface area contributed by atoms with Gasteiger partial charge >= 0.3 is 0 Å². The molecule has 1 atom stereocenters. The first-order chi connectivity index (χ1) is 6.70. The Morgan fingerprint density at radius 1 is 1.36 bits per heavy atom. The first-order valence-electron chi connectivity index (χ1n) is 5.52. The smallest absolute Gasteiger partial charge is 0.233 e. The van der Waals surface area contributed by atoms with Gasteiger partial charge in [0.1, 0.15) is 5.78 Å². The Morgan fingerprint density at radius 2 is 2.00 bits per heavy atom. The van der Waals surface area contributed by atoms with Crippen molar-refractivity contribution in [3.8, 4) is 0 Å². The molecule has 0 aromatic rings. The highest BCUT2D eigenvalue weighted by molar-refractivity contribution is 6.01. The quantitative estimate of drug-likeness (QED) is 0.645. The molecule has 80 valence electrons. The molecule has 3 nitrogen and oxygen atoms in total. The van der Waals surface area contributed by atoms with Crippen LogP contribution < -0.4 is 0 Å². The minimum Gasteiger partial charge on any atom is -0.343 e. The number of rotatable bonds is 3. The van der Waals surface area contributed by atoms with Crippen molar-refractivity contribution in [1.82, 2.24) is 4.90 Å². The topological polar surface area (TPSA) is 37.4 Å². The predicted molar refractivity (Wildman–Crippen MR) is 54.9 cm³/mol. The molecule has 1 saturated carbocycles. The van der Waals surface area contributed by atoms with Crippen LogP contribution in [0.1, 0.15) is 39.5 Å². The summed E-state index contributed by atoms with van der Waals surface area (Å²) in [4.78, 5) is 25.2. The van der Waals surface area contributed by atoms with E-state index >= 15 is 0 Å². The fourth-order valence-corrected chi connectivity index (χ4v) is 2.00. The highest BCUT2D eigenvalue weighted by Gasteiger charge is 2.30. The van der Waals surface area contributed by atoms with Crippen LogP contribution in [0.5, 0.6) is 0 Å². The molecule has 3 heteroatoms. The third kappa shape index (κ3) is 2.34. The lowest BCUT2D eigenvalue weighted by molar-refractivity contribution is -0.142. The Kier molecular flexibility index (Phi) is 4.11. The summed E-state index contributed by atoms with van der Waals surface area (Å²) in [6, 6.07) is 0. The molecule has 0 saturated heterocycles. The maximum absolute atomic E-state index is 11.9. The first-order valence-corrected chi connectivity index (χ1v) is 5.52. The molecule has 0 aliphatic heterocycles. The summed E-state index contributed by atoms with van der Waals surface area (Å²) in [5, 5.41) is 0. The average Bonchev–Trinajstić information content (AvgIpc) is 2.20. The van der Waals surface area contributed by atoms with E-state index in [-0.39, 0.29) is 17.6 Å². The molecule has 0 aromatic heterocycles. The third-order valence-corrected chi connectivity index (χ3v) is 2.93. The lowest BCUT2D eigenvalue weighted by Gasteiger charge is -2.26. The van der Waals surface area contributed by atoms with Gasteiger partial charge in [-0.15, -0.1) is 0 Å². The fraction of sp³-hybridized carbons (Fsp3) is 0.818. The van der Waals surface area contributed by atoms with Crippen molar-refractivity contribution >= 4 is 11.7 Å². The van der Waals surface area contributed by atoms with Crippen molar-refractivity contribution in [2.24, 2.45) is 5.92 Å². The number of amides is 1. The SMILES string of the molecule is CCN(CC)C(=O)[C@@H]1CCCCC1=O. The summed E-state index contributed by atoms with van der Waals surface area (Å²) in [6.45, 7) is 5.32. The molecule has 0 spiro atoms. The second kappa shape index (κ2) is 5.13. The van der Waals surface area contributed by atoms with Crippen LogP contribution in [0.2, 0.25) is 0 Å². The van der Waals surface area contributed by atoms with Gasteiger partial charge in [0.25, 0.3) is 0 Å². The van der Waals surface area contributed by atoms with Gasteiger partial charge in [-0.2, -0.15) is 0 Å². The molecule has 1 rings (SSSR count). The second-order valence-electron chi connectivity index (χ2n) is 3.78. The molecule has 0 unspecified atom stereocenters. The van der Waals surface area contributed by atoms with Crippen molar-refractivity contribution in [2.45, 2.75) is 39.5 Å². The molecule has 0 aromatic carbocycles. The van der Waals surface area contributed by atoms with Crippen LogP contribution in [0.4, 0.5) is 0 Å². The maximum atomic E-state index is 11.9. The zero-order valence-corrected chi connectivity index (χ0v) is 9.08. The van der Waals surface area contributed by atoms with Crippen LogP contribution in [0, 0.1) is 5.92 Å². The van der Waals surface area contributed by atoms with E-state index in [1.54, 1.807) is 4.90 Å². The number of Topliss-reactive ketones (excluding diaryl/α,β-unsaturated/α-hetero) is 1. The molecule has 1 aliphatic carbocycles. The molecule has 1 amide bonds. The van der Waals surface area contributed by atoms with E-state index < -0.39 is 0 Å². The lowest BCUT2D eigenvalue weighted by atomic mass is 9.87. The first kappa shape index (κ1) is 11.2. The minimum atomic E-state index is -0.330. The van der Waals surface area contributed by atoms with Gasteiger partial charge in [-0.25, -0.2) is 0 Å². The summed E-state index contributed by atoms with van der Waals surface area (Å²) in [5.74, 6) is -0.142. The zero-order chi connectivity index (χ0) is 10.6. The van der Waals surface area contributed by atoms with Gasteiger partial charge in [0.2, 0.25) is 5.91 Å². The Bertz CT molecular complexity index is 221. The van der Waals surface area contributed by atoms with Crippen LogP contribution in [0.15, 0.2) is 0 Å². The van der Waals surface area contributed by atoms with Crippen molar-refractivity contribution < 1.29 is 9.59 Å². The molecular weight excluding hydrogens is 178 g/mol. The number of carbonyl (C=O) groups is 2. The van der Waals surface area contributed by atoms with Crippen LogP contribution >= 0.6 is 0 Å². The van der Waals surface area contributed by atoms with Crippen LogP contribution in [-0.4, -0.2) is 29.7 Å². The summed E-state index contributed by atoms with van der Waals surface area (Å²) in [6.07, 6.45) is 3.33. The van der Waals surface area contributed by atoms with Gasteiger partial charge in [0.15, 0.2) is 0 Å². The van der Waals surface area contributed by atoms with Gasteiger partial charge in [-0.1, -0.05) is 6.42 Å². The van der Waals surface area contributed by atoms with Gasteiger partial charge in [0, 0.05) is 19.5 Å². The molecule has 1 aliphatic rings. The largest absolute Gasteiger partial charge is 0.343 e. The average molecular weight is 197 g/mol. The number of nitrogens with zero attached hydrogens (tertiary/aromatic N) is 1. The van der Waals surface area contributed by atoms with Crippen molar-refractivity contribution in [1.29, 1.82) is 0 Å². The normalized spacial score (nSPS) is 22.1. The van der Waals surface area contributed by atoms with Crippen LogP contribution in [0.3, 0.4) is 0 Å². The predicted octanol–water partition coefficient (Wildman–Crippen LogP) is 1.61. The number of carbonyl (C=O) groups excluding carboxylic acids is 2. The van der Waals surface area contributed by atoms with E-state index in [4.69, 9.17) is 0 Å². The van der Waals surface area contributed by atoms with E-state index in [9.17, 15) is 9.59 Å². The monoisotopic (exact) mass is 197 g/mol. The molecule has 0 N–H and O–H groups in total. The van der Waals surface area contributed by atoms with Gasteiger partial charge in [-0.05, 0) is 26.7 Å². The van der Waals surface area contributed by atoms with Gasteiger partial charge in [-0.3, -0.25) is 9.59 Å². The molecule has 0 bridgehead atoms. The number of hydrogen-bond donors (Lipinski definition) is 0. The van der Waals surface area contributed by atoms with Crippen molar-refractivity contribution in [3.63, 3.8) is 0 Å². The molecule has 0 heterocycles. The Morgan fingerprint density at radius 3 is 2.50 bits per heavy atom. The van der Waals surface area contributed by atoms with E-state index in [0.717, 1.165) is 19.3 Å². The van der Waals surface area contributed by atoms with E-state index in [2.05, 4.69) is 0 Å². The molecule has 14 heavy (non-hydrogen) atoms. The summed E-state index contributed by atoms with van der Waals surface area (Å²) in [5.41, 5.74) is 0. The van der Waals surface area contributed by atoms with Gasteiger partial charge < -0.3 is 4.90 Å². The minimum absolute atomic E-state index is 0.0414. The van der Waals surface area contributed by atoms with Crippen LogP contribution in [0.25, 0.3) is 0 Å². The van der Waals surface area contributed by atoms with E-state index in [0.29, 0.717) is 19.5 Å². The molecule has 1 fully saturated rings. The zero-order valence-electron chi connectivity index (χ0n) is 9.08. The standard InChI is InChI=1S/C11H19NO2/c1-3-12(4-2)11(14)9-7-5-6-8-10(9)13/h9H,3-8H2,1-2H3/t9-/m1/s1. The summed E-state index contributed by atoms with van der Waals surface area (Å²) in [7, 11) is 0. The highest BCUT2D eigenvalue weighted by atomic mass is 16.2. The lowest BCUT2D eigenvalue weighted by Crippen LogP contribution is -2.40. The summed E-state index contributed by atoms with van der Waals surface area (Å²) < 4.78 is 0. The number of ketones is 1. The fourth-order valence-electron chi connectivity index (χ4n) is 2.00. The second-order valence-corrected chi connectivity index (χ2v) is 3.78. The Hall–Kier alpha value is -0.860. The highest BCUT2D eigenvalue weighted by Crippen LogP contribution is 2.22. The molecule has 0 radical (unpaired) electrons. The van der Waals surface area contributed by atoms with E-state index in [1.807, 2.05) is 13.8 Å². The van der Waals surface area contributed by atoms with E-state index in [1.165, 1.54) is 0 Å². The van der Waals surface area contributed by atoms with Crippen molar-refractivity contribution in [3.05, 3.63) is 0 Å². The molecular formula is C11H19NO2. The number of hydrogen-bond acceptors (Lipinski definition) is 2. The maximum Gasteiger partial charge on any atom is 0.233 e.